The second kappa shape index (κ2) is 9.67. The molecule has 1 aliphatic rings. The molecule has 1 atom stereocenters. The van der Waals surface area contributed by atoms with Crippen LogP contribution in [-0.4, -0.2) is 40.2 Å². The number of rotatable bonds is 5. The summed E-state index contributed by atoms with van der Waals surface area (Å²) < 4.78 is 5.92. The number of hydrogen-bond donors (Lipinski definition) is 2. The summed E-state index contributed by atoms with van der Waals surface area (Å²) in [5.74, 6) is 7.41. The van der Waals surface area contributed by atoms with Gasteiger partial charge < -0.3 is 15.0 Å². The Labute approximate surface area is 198 Å². The van der Waals surface area contributed by atoms with Crippen molar-refractivity contribution in [1.82, 2.24) is 20.5 Å². The monoisotopic (exact) mass is 451 g/mol. The SMILES string of the molecule is CC#CC(=O)N[C@@H]1CCCN(c2nc(-c3ccc(Oc4ccccc4)cc3)cc3[nH]ncc23)C1. The number of amides is 1. The molecule has 7 heteroatoms. The minimum atomic E-state index is -0.234. The maximum absolute atomic E-state index is 12.0. The van der Waals surface area contributed by atoms with Gasteiger partial charge in [-0.1, -0.05) is 24.1 Å². The first-order valence-corrected chi connectivity index (χ1v) is 11.4. The van der Waals surface area contributed by atoms with Crippen molar-refractivity contribution in [2.75, 3.05) is 18.0 Å². The van der Waals surface area contributed by atoms with Crippen molar-refractivity contribution in [3.05, 3.63) is 66.9 Å². The van der Waals surface area contributed by atoms with Gasteiger partial charge in [0.05, 0.1) is 22.8 Å². The molecule has 0 saturated carbocycles. The van der Waals surface area contributed by atoms with Gasteiger partial charge in [-0.2, -0.15) is 5.10 Å². The number of aromatic amines is 1. The molecule has 2 aromatic carbocycles. The van der Waals surface area contributed by atoms with Gasteiger partial charge in [0, 0.05) is 24.7 Å². The van der Waals surface area contributed by atoms with E-state index >= 15 is 0 Å². The van der Waals surface area contributed by atoms with Gasteiger partial charge in [0.2, 0.25) is 0 Å². The smallest absolute Gasteiger partial charge is 0.296 e. The molecule has 0 radical (unpaired) electrons. The fraction of sp³-hybridized carbons (Fsp3) is 0.222. The largest absolute Gasteiger partial charge is 0.457 e. The fourth-order valence-corrected chi connectivity index (χ4v) is 4.26. The highest BCUT2D eigenvalue weighted by Gasteiger charge is 2.24. The third kappa shape index (κ3) is 4.71. The summed E-state index contributed by atoms with van der Waals surface area (Å²) in [6, 6.07) is 19.7. The van der Waals surface area contributed by atoms with E-state index < -0.39 is 0 Å². The highest BCUT2D eigenvalue weighted by molar-refractivity contribution is 5.94. The number of carbonyl (C=O) groups is 1. The Balaban J connectivity index is 1.40. The molecule has 34 heavy (non-hydrogen) atoms. The first-order valence-electron chi connectivity index (χ1n) is 11.4. The van der Waals surface area contributed by atoms with E-state index in [0.29, 0.717) is 6.54 Å². The van der Waals surface area contributed by atoms with Gasteiger partial charge in [-0.3, -0.25) is 9.89 Å². The lowest BCUT2D eigenvalue weighted by molar-refractivity contribution is -0.116. The molecule has 0 aliphatic carbocycles. The van der Waals surface area contributed by atoms with Crippen molar-refractivity contribution in [3.8, 4) is 34.6 Å². The van der Waals surface area contributed by atoms with Crippen LogP contribution in [0.4, 0.5) is 5.82 Å². The van der Waals surface area contributed by atoms with E-state index in [0.717, 1.165) is 58.9 Å². The van der Waals surface area contributed by atoms with Crippen molar-refractivity contribution in [2.45, 2.75) is 25.8 Å². The zero-order valence-electron chi connectivity index (χ0n) is 18.9. The van der Waals surface area contributed by atoms with Crippen LogP contribution >= 0.6 is 0 Å². The van der Waals surface area contributed by atoms with Gasteiger partial charge in [-0.25, -0.2) is 4.98 Å². The zero-order valence-corrected chi connectivity index (χ0v) is 18.9. The van der Waals surface area contributed by atoms with Gasteiger partial charge >= 0.3 is 0 Å². The Kier molecular flexibility index (Phi) is 6.13. The normalized spacial score (nSPS) is 15.4. The molecule has 2 aromatic heterocycles. The molecule has 0 unspecified atom stereocenters. The van der Waals surface area contributed by atoms with Crippen LogP contribution in [-0.2, 0) is 4.79 Å². The molecule has 5 rings (SSSR count). The number of benzene rings is 2. The van der Waals surface area contributed by atoms with Gasteiger partial charge in [0.1, 0.15) is 17.3 Å². The van der Waals surface area contributed by atoms with Crippen molar-refractivity contribution in [3.63, 3.8) is 0 Å². The molecular weight excluding hydrogens is 426 g/mol. The third-order valence-electron chi connectivity index (χ3n) is 5.84. The number of nitrogens with zero attached hydrogens (tertiary/aromatic N) is 3. The first kappa shape index (κ1) is 21.5. The van der Waals surface area contributed by atoms with Crippen molar-refractivity contribution >= 4 is 22.6 Å². The van der Waals surface area contributed by atoms with Crippen LogP contribution in [0.2, 0.25) is 0 Å². The van der Waals surface area contributed by atoms with Crippen LogP contribution < -0.4 is 15.0 Å². The quantitative estimate of drug-likeness (QED) is 0.436. The lowest BCUT2D eigenvalue weighted by Gasteiger charge is -2.34. The number of carbonyl (C=O) groups excluding carboxylic acids is 1. The van der Waals surface area contributed by atoms with E-state index in [4.69, 9.17) is 9.72 Å². The Morgan fingerprint density at radius 1 is 1.15 bits per heavy atom. The summed E-state index contributed by atoms with van der Waals surface area (Å²) in [7, 11) is 0. The molecule has 1 aliphatic heterocycles. The minimum absolute atomic E-state index is 0.0314. The number of para-hydroxylation sites is 1. The van der Waals surface area contributed by atoms with Crippen molar-refractivity contribution < 1.29 is 9.53 Å². The Morgan fingerprint density at radius 2 is 1.94 bits per heavy atom. The predicted octanol–water partition coefficient (Wildman–Crippen LogP) is 4.53. The molecule has 0 bridgehead atoms. The second-order valence-electron chi connectivity index (χ2n) is 8.24. The lowest BCUT2D eigenvalue weighted by Crippen LogP contribution is -2.47. The molecule has 1 saturated heterocycles. The summed E-state index contributed by atoms with van der Waals surface area (Å²) in [5, 5.41) is 11.3. The average Bonchev–Trinajstić information content (AvgIpc) is 3.34. The van der Waals surface area contributed by atoms with Crippen LogP contribution in [0.25, 0.3) is 22.2 Å². The number of anilines is 1. The summed E-state index contributed by atoms with van der Waals surface area (Å²) >= 11 is 0. The molecule has 3 heterocycles. The fourth-order valence-electron chi connectivity index (χ4n) is 4.26. The van der Waals surface area contributed by atoms with Crippen LogP contribution in [0.15, 0.2) is 66.9 Å². The maximum atomic E-state index is 12.0. The third-order valence-corrected chi connectivity index (χ3v) is 5.84. The van der Waals surface area contributed by atoms with Crippen LogP contribution in [0.3, 0.4) is 0 Å². The second-order valence-corrected chi connectivity index (χ2v) is 8.24. The van der Waals surface area contributed by atoms with Crippen LogP contribution in [0.5, 0.6) is 11.5 Å². The number of aromatic nitrogens is 3. The van der Waals surface area contributed by atoms with Gasteiger partial charge in [0.15, 0.2) is 0 Å². The Hall–Kier alpha value is -4.31. The van der Waals surface area contributed by atoms with Crippen molar-refractivity contribution in [2.24, 2.45) is 0 Å². The van der Waals surface area contributed by atoms with Crippen molar-refractivity contribution in [1.29, 1.82) is 0 Å². The Bertz CT molecular complexity index is 1350. The number of H-pyrrole nitrogens is 1. The predicted molar refractivity (Wildman–Crippen MR) is 133 cm³/mol. The molecule has 1 fully saturated rings. The number of nitrogens with one attached hydrogen (secondary N) is 2. The summed E-state index contributed by atoms with van der Waals surface area (Å²) in [4.78, 5) is 19.2. The van der Waals surface area contributed by atoms with Gasteiger partial charge in [-0.05, 0) is 68.2 Å². The molecule has 4 aromatic rings. The first-order chi connectivity index (χ1) is 16.7. The summed E-state index contributed by atoms with van der Waals surface area (Å²) in [6.07, 6.45) is 3.69. The van der Waals surface area contributed by atoms with Gasteiger partial charge in [0.25, 0.3) is 5.91 Å². The molecule has 7 nitrogen and oxygen atoms in total. The van der Waals surface area contributed by atoms with E-state index in [-0.39, 0.29) is 11.9 Å². The van der Waals surface area contributed by atoms with E-state index in [2.05, 4.69) is 32.3 Å². The highest BCUT2D eigenvalue weighted by Crippen LogP contribution is 2.32. The van der Waals surface area contributed by atoms with Crippen LogP contribution in [0.1, 0.15) is 19.8 Å². The lowest BCUT2D eigenvalue weighted by atomic mass is 10.0. The number of pyridine rings is 1. The molecule has 0 spiro atoms. The standard InChI is InChI=1S/C27H25N5O2/c1-2-7-26(33)29-20-8-6-15-32(18-20)27-23-17-28-31-25(23)16-24(30-27)19-11-13-22(14-12-19)34-21-9-4-3-5-10-21/h3-5,9-14,16-17,20H,6,8,15,18H2,1H3,(H,28,31)(H,29,33)/t20-/m1/s1. The topological polar surface area (TPSA) is 83.1 Å². The summed E-state index contributed by atoms with van der Waals surface area (Å²) in [5.41, 5.74) is 2.76. The van der Waals surface area contributed by atoms with Crippen LogP contribution in [0, 0.1) is 11.8 Å². The highest BCUT2D eigenvalue weighted by atomic mass is 16.5. The maximum Gasteiger partial charge on any atom is 0.296 e. The van der Waals surface area contributed by atoms with E-state index in [1.54, 1.807) is 6.92 Å². The molecule has 1 amide bonds. The zero-order chi connectivity index (χ0) is 23.3. The van der Waals surface area contributed by atoms with E-state index in [1.807, 2.05) is 66.9 Å². The van der Waals surface area contributed by atoms with E-state index in [1.165, 1.54) is 0 Å². The number of fused-ring (bicyclic) bond motifs is 1. The van der Waals surface area contributed by atoms with E-state index in [9.17, 15) is 4.79 Å². The number of ether oxygens (including phenoxy) is 1. The molecular formula is C27H25N5O2. The minimum Gasteiger partial charge on any atom is -0.457 e. The Morgan fingerprint density at radius 3 is 2.74 bits per heavy atom. The number of piperidine rings is 1. The average molecular weight is 452 g/mol. The molecule has 170 valence electrons. The molecule has 2 N–H and O–H groups in total. The van der Waals surface area contributed by atoms with Gasteiger partial charge in [-0.15, -0.1) is 0 Å². The number of hydrogen-bond acceptors (Lipinski definition) is 5. The summed E-state index contributed by atoms with van der Waals surface area (Å²) in [6.45, 7) is 3.21.